The van der Waals surface area contributed by atoms with Gasteiger partial charge in [0.1, 0.15) is 11.3 Å². The molecule has 0 radical (unpaired) electrons. The summed E-state index contributed by atoms with van der Waals surface area (Å²) in [4.78, 5) is 22.1. The van der Waals surface area contributed by atoms with Crippen molar-refractivity contribution in [3.8, 4) is 0 Å². The minimum absolute atomic E-state index is 0.163. The summed E-state index contributed by atoms with van der Waals surface area (Å²) in [5.74, 6) is -0.412. The molecule has 28 heavy (non-hydrogen) atoms. The number of halogens is 2. The molecule has 8 heteroatoms. The highest BCUT2D eigenvalue weighted by Gasteiger charge is 2.20. The van der Waals surface area contributed by atoms with Crippen molar-refractivity contribution in [2.75, 3.05) is 4.90 Å². The van der Waals surface area contributed by atoms with E-state index in [4.69, 9.17) is 16.0 Å². The number of nitrogens with zero attached hydrogens (tertiary/aromatic N) is 3. The highest BCUT2D eigenvalue weighted by molar-refractivity contribution is 7.14. The maximum Gasteiger partial charge on any atom is 0.230 e. The molecule has 0 fully saturated rings. The van der Waals surface area contributed by atoms with Gasteiger partial charge in [-0.1, -0.05) is 23.7 Å². The van der Waals surface area contributed by atoms with E-state index in [-0.39, 0.29) is 11.6 Å². The van der Waals surface area contributed by atoms with Gasteiger partial charge < -0.3 is 4.42 Å². The zero-order chi connectivity index (χ0) is 19.7. The van der Waals surface area contributed by atoms with Crippen LogP contribution in [0.3, 0.4) is 0 Å². The number of carbonyl (C=O) groups is 1. The second-order valence-corrected chi connectivity index (χ2v) is 7.13. The maximum absolute atomic E-state index is 14.1. The molecule has 2 heterocycles. The summed E-state index contributed by atoms with van der Waals surface area (Å²) in [6.45, 7) is 1.37. The molecule has 0 aliphatic rings. The molecule has 0 N–H and O–H groups in total. The second-order valence-electron chi connectivity index (χ2n) is 5.86. The Hall–Kier alpha value is -3.03. The number of carbonyl (C=O) groups excluding carboxylic acids is 1. The Bertz CT molecular complexity index is 1200. The van der Waals surface area contributed by atoms with Crippen LogP contribution >= 0.6 is 22.9 Å². The third kappa shape index (κ3) is 3.67. The molecular formula is C20H13ClFN3O2S. The van der Waals surface area contributed by atoms with E-state index in [2.05, 4.69) is 9.97 Å². The van der Waals surface area contributed by atoms with Crippen LogP contribution < -0.4 is 4.90 Å². The highest BCUT2D eigenvalue weighted by Crippen LogP contribution is 2.31. The lowest BCUT2D eigenvalue weighted by Crippen LogP contribution is -2.23. The van der Waals surface area contributed by atoms with Gasteiger partial charge in [-0.2, -0.15) is 0 Å². The van der Waals surface area contributed by atoms with E-state index in [0.717, 1.165) is 0 Å². The molecule has 0 unspecified atom stereocenters. The van der Waals surface area contributed by atoms with E-state index in [1.807, 2.05) is 0 Å². The van der Waals surface area contributed by atoms with Gasteiger partial charge in [0.2, 0.25) is 11.8 Å². The van der Waals surface area contributed by atoms with Crippen molar-refractivity contribution in [2.24, 2.45) is 0 Å². The van der Waals surface area contributed by atoms with E-state index in [0.29, 0.717) is 32.8 Å². The van der Waals surface area contributed by atoms with Crippen molar-refractivity contribution in [1.82, 2.24) is 9.97 Å². The minimum Gasteiger partial charge on any atom is -0.437 e. The number of benzene rings is 2. The lowest BCUT2D eigenvalue weighted by Gasteiger charge is -2.18. The number of amides is 1. The van der Waals surface area contributed by atoms with Crippen molar-refractivity contribution in [2.45, 2.75) is 6.92 Å². The SMILES string of the molecule is CC(=O)N(c1nc(C=Cc2nc3cc(Cl)ccc3o2)cs1)c1ccccc1F. The zero-order valence-electron chi connectivity index (χ0n) is 14.6. The summed E-state index contributed by atoms with van der Waals surface area (Å²) in [6, 6.07) is 11.3. The zero-order valence-corrected chi connectivity index (χ0v) is 16.2. The number of thiazole rings is 1. The molecule has 4 rings (SSSR count). The highest BCUT2D eigenvalue weighted by atomic mass is 35.5. The van der Waals surface area contributed by atoms with E-state index in [9.17, 15) is 9.18 Å². The van der Waals surface area contributed by atoms with Crippen LogP contribution in [0.2, 0.25) is 5.02 Å². The van der Waals surface area contributed by atoms with E-state index < -0.39 is 5.82 Å². The average Bonchev–Trinajstić information content (AvgIpc) is 3.28. The summed E-state index contributed by atoms with van der Waals surface area (Å²) < 4.78 is 19.8. The Kier molecular flexibility index (Phi) is 4.93. The largest absolute Gasteiger partial charge is 0.437 e. The van der Waals surface area contributed by atoms with Gasteiger partial charge in [-0.3, -0.25) is 9.69 Å². The van der Waals surface area contributed by atoms with Gasteiger partial charge in [-0.15, -0.1) is 11.3 Å². The Morgan fingerprint density at radius 2 is 2.04 bits per heavy atom. The summed E-state index contributed by atoms with van der Waals surface area (Å²) in [6.07, 6.45) is 3.39. The van der Waals surface area contributed by atoms with Gasteiger partial charge in [0, 0.05) is 23.4 Å². The monoisotopic (exact) mass is 413 g/mol. The normalized spacial score (nSPS) is 11.4. The van der Waals surface area contributed by atoms with Gasteiger partial charge in [-0.05, 0) is 36.4 Å². The first-order valence-electron chi connectivity index (χ1n) is 8.26. The fraction of sp³-hybridized carbons (Fsp3) is 0.0500. The molecule has 0 saturated heterocycles. The average molecular weight is 414 g/mol. The van der Waals surface area contributed by atoms with E-state index in [1.165, 1.54) is 35.3 Å². The third-order valence-electron chi connectivity index (χ3n) is 3.87. The van der Waals surface area contributed by atoms with Crippen LogP contribution in [-0.4, -0.2) is 15.9 Å². The fourth-order valence-electron chi connectivity index (χ4n) is 2.64. The van der Waals surface area contributed by atoms with Crippen molar-refractivity contribution in [1.29, 1.82) is 0 Å². The van der Waals surface area contributed by atoms with Crippen LogP contribution in [0.5, 0.6) is 0 Å². The van der Waals surface area contributed by atoms with E-state index in [1.54, 1.807) is 47.9 Å². The van der Waals surface area contributed by atoms with Crippen LogP contribution in [0.25, 0.3) is 23.3 Å². The summed E-state index contributed by atoms with van der Waals surface area (Å²) in [7, 11) is 0. The number of anilines is 2. The molecule has 2 aromatic heterocycles. The number of aromatic nitrogens is 2. The number of para-hydroxylation sites is 1. The first kappa shape index (κ1) is 18.3. The second kappa shape index (κ2) is 7.53. The standard InChI is InChI=1S/C20H13ClFN3O2S/c1-12(26)25(17-5-3-2-4-15(17)22)20-23-14(11-28-20)7-9-19-24-16-10-13(21)6-8-18(16)27-19/h2-11H,1H3. The van der Waals surface area contributed by atoms with Crippen molar-refractivity contribution in [3.63, 3.8) is 0 Å². The molecular weight excluding hydrogens is 401 g/mol. The third-order valence-corrected chi connectivity index (χ3v) is 4.95. The predicted molar refractivity (Wildman–Crippen MR) is 109 cm³/mol. The number of hydrogen-bond acceptors (Lipinski definition) is 5. The number of hydrogen-bond donors (Lipinski definition) is 0. The summed E-state index contributed by atoms with van der Waals surface area (Å²) in [5.41, 5.74) is 2.05. The molecule has 2 aromatic carbocycles. The van der Waals surface area contributed by atoms with Crippen LogP contribution in [0.4, 0.5) is 15.2 Å². The van der Waals surface area contributed by atoms with Gasteiger partial charge in [-0.25, -0.2) is 14.4 Å². The molecule has 0 atom stereocenters. The lowest BCUT2D eigenvalue weighted by atomic mass is 10.3. The van der Waals surface area contributed by atoms with Crippen molar-refractivity contribution >= 4 is 62.9 Å². The van der Waals surface area contributed by atoms with Crippen LogP contribution in [0.1, 0.15) is 18.5 Å². The maximum atomic E-state index is 14.1. The van der Waals surface area contributed by atoms with Crippen molar-refractivity contribution in [3.05, 3.63) is 70.3 Å². The molecule has 0 saturated carbocycles. The Morgan fingerprint density at radius 3 is 2.82 bits per heavy atom. The van der Waals surface area contributed by atoms with Crippen LogP contribution in [0, 0.1) is 5.82 Å². The van der Waals surface area contributed by atoms with Crippen LogP contribution in [0.15, 0.2) is 52.3 Å². The molecule has 0 aliphatic carbocycles. The summed E-state index contributed by atoms with van der Waals surface area (Å²) in [5, 5.41) is 2.72. The fourth-order valence-corrected chi connectivity index (χ4v) is 3.66. The van der Waals surface area contributed by atoms with Crippen LogP contribution in [-0.2, 0) is 4.79 Å². The molecule has 0 bridgehead atoms. The Labute approximate surface area is 168 Å². The van der Waals surface area contributed by atoms with Crippen molar-refractivity contribution < 1.29 is 13.6 Å². The van der Waals surface area contributed by atoms with Gasteiger partial charge in [0.15, 0.2) is 10.7 Å². The molecule has 1 amide bonds. The minimum atomic E-state index is -0.491. The molecule has 0 aliphatic heterocycles. The first-order chi connectivity index (χ1) is 13.5. The predicted octanol–water partition coefficient (Wildman–Crippen LogP) is 5.93. The number of oxazole rings is 1. The molecule has 4 aromatic rings. The molecule has 0 spiro atoms. The number of rotatable bonds is 4. The topological polar surface area (TPSA) is 59.2 Å². The van der Waals surface area contributed by atoms with E-state index >= 15 is 0 Å². The molecule has 140 valence electrons. The number of fused-ring (bicyclic) bond motifs is 1. The smallest absolute Gasteiger partial charge is 0.230 e. The Balaban J connectivity index is 1.61. The van der Waals surface area contributed by atoms with Gasteiger partial charge >= 0.3 is 0 Å². The quantitative estimate of drug-likeness (QED) is 0.416. The molecule has 5 nitrogen and oxygen atoms in total. The first-order valence-corrected chi connectivity index (χ1v) is 9.52. The Morgan fingerprint density at radius 1 is 1.21 bits per heavy atom. The lowest BCUT2D eigenvalue weighted by molar-refractivity contribution is -0.115. The van der Waals surface area contributed by atoms with Gasteiger partial charge in [0.25, 0.3) is 0 Å². The van der Waals surface area contributed by atoms with Gasteiger partial charge in [0.05, 0.1) is 11.4 Å². The summed E-state index contributed by atoms with van der Waals surface area (Å²) >= 11 is 7.19.